The first-order chi connectivity index (χ1) is 8.95. The summed E-state index contributed by atoms with van der Waals surface area (Å²) < 4.78 is 22.9. The first kappa shape index (κ1) is 16.2. The van der Waals surface area contributed by atoms with Crippen molar-refractivity contribution in [3.8, 4) is 0 Å². The second-order valence-corrected chi connectivity index (χ2v) is 7.43. The van der Waals surface area contributed by atoms with Crippen molar-refractivity contribution in [2.45, 2.75) is 76.9 Å². The van der Waals surface area contributed by atoms with Crippen molar-refractivity contribution >= 4 is 7.12 Å². The molecule has 2 rings (SSSR count). The summed E-state index contributed by atoms with van der Waals surface area (Å²) in [6.07, 6.45) is 1.15. The van der Waals surface area contributed by atoms with Crippen LogP contribution >= 0.6 is 0 Å². The van der Waals surface area contributed by atoms with Crippen LogP contribution in [0.4, 0.5) is 0 Å². The highest BCUT2D eigenvalue weighted by atomic mass is 16.7. The first-order valence-electron chi connectivity index (χ1n) is 7.31. The highest BCUT2D eigenvalue weighted by Gasteiger charge is 2.51. The molecule has 5 nitrogen and oxygen atoms in total. The molecule has 0 bridgehead atoms. The molecular formula is C14H27BO5. The molecule has 0 aromatic rings. The van der Waals surface area contributed by atoms with Gasteiger partial charge in [0, 0.05) is 0 Å². The number of aliphatic hydroxyl groups is 1. The van der Waals surface area contributed by atoms with Gasteiger partial charge in [-0.05, 0) is 54.3 Å². The second kappa shape index (κ2) is 4.95. The predicted octanol–water partition coefficient (Wildman–Crippen LogP) is 1.98. The van der Waals surface area contributed by atoms with Crippen LogP contribution in [0.2, 0.25) is 6.32 Å². The molecule has 0 radical (unpaired) electrons. The highest BCUT2D eigenvalue weighted by Crippen LogP contribution is 2.39. The predicted molar refractivity (Wildman–Crippen MR) is 76.4 cm³/mol. The summed E-state index contributed by atoms with van der Waals surface area (Å²) in [6, 6.07) is 0. The standard InChI is InChI=1S/C14H27BO5/c1-11(2)12(3,4)20-15(19-11)8-7-14(16)9-17-13(5,6)18-10-14/h16H,7-10H2,1-6H3. The minimum atomic E-state index is -0.959. The van der Waals surface area contributed by atoms with Gasteiger partial charge in [-0.15, -0.1) is 0 Å². The van der Waals surface area contributed by atoms with Crippen molar-refractivity contribution in [3.05, 3.63) is 0 Å². The van der Waals surface area contributed by atoms with E-state index in [1.165, 1.54) is 0 Å². The molecule has 1 N–H and O–H groups in total. The molecule has 6 heteroatoms. The van der Waals surface area contributed by atoms with Crippen LogP contribution in [-0.4, -0.2) is 48.0 Å². The maximum Gasteiger partial charge on any atom is 0.457 e. The van der Waals surface area contributed by atoms with E-state index in [0.717, 1.165) is 0 Å². The van der Waals surface area contributed by atoms with E-state index in [0.29, 0.717) is 12.7 Å². The topological polar surface area (TPSA) is 57.2 Å². The van der Waals surface area contributed by atoms with Gasteiger partial charge in [0.1, 0.15) is 5.60 Å². The van der Waals surface area contributed by atoms with Gasteiger partial charge in [-0.1, -0.05) is 0 Å². The summed E-state index contributed by atoms with van der Waals surface area (Å²) in [4.78, 5) is 0. The Kier molecular flexibility index (Phi) is 4.02. The minimum Gasteiger partial charge on any atom is -0.403 e. The number of hydrogen-bond donors (Lipinski definition) is 1. The Hall–Kier alpha value is -0.135. The lowest BCUT2D eigenvalue weighted by molar-refractivity contribution is -0.301. The van der Waals surface area contributed by atoms with E-state index in [1.807, 2.05) is 41.5 Å². The molecule has 2 heterocycles. The third-order valence-corrected chi connectivity index (χ3v) is 4.52. The molecule has 0 saturated carbocycles. The van der Waals surface area contributed by atoms with Crippen LogP contribution in [0.3, 0.4) is 0 Å². The fourth-order valence-corrected chi connectivity index (χ4v) is 2.31. The van der Waals surface area contributed by atoms with Gasteiger partial charge < -0.3 is 23.9 Å². The number of ether oxygens (including phenoxy) is 2. The average molecular weight is 286 g/mol. The van der Waals surface area contributed by atoms with Gasteiger partial charge in [-0.25, -0.2) is 0 Å². The third kappa shape index (κ3) is 3.36. The second-order valence-electron chi connectivity index (χ2n) is 7.43. The maximum atomic E-state index is 10.5. The number of rotatable bonds is 3. The summed E-state index contributed by atoms with van der Waals surface area (Å²) in [5.41, 5.74) is -1.62. The lowest BCUT2D eigenvalue weighted by Gasteiger charge is -2.40. The molecule has 0 amide bonds. The lowest BCUT2D eigenvalue weighted by atomic mass is 9.78. The summed E-state index contributed by atoms with van der Waals surface area (Å²) >= 11 is 0. The van der Waals surface area contributed by atoms with Gasteiger partial charge in [0.15, 0.2) is 5.79 Å². The Morgan fingerprint density at radius 2 is 1.35 bits per heavy atom. The zero-order valence-electron chi connectivity index (χ0n) is 13.5. The SMILES string of the molecule is CC1(C)OCC(O)(CCB2OC(C)(C)C(C)(C)O2)CO1. The van der Waals surface area contributed by atoms with E-state index < -0.39 is 11.4 Å². The summed E-state index contributed by atoms with van der Waals surface area (Å²) in [5.74, 6) is -0.615. The monoisotopic (exact) mass is 286 g/mol. The molecule has 2 fully saturated rings. The summed E-state index contributed by atoms with van der Waals surface area (Å²) in [5, 5.41) is 10.5. The Bertz CT molecular complexity index is 341. The van der Waals surface area contributed by atoms with Gasteiger partial charge >= 0.3 is 7.12 Å². The quantitative estimate of drug-likeness (QED) is 0.804. The van der Waals surface area contributed by atoms with Crippen molar-refractivity contribution in [2.75, 3.05) is 13.2 Å². The maximum absolute atomic E-state index is 10.5. The molecule has 0 aliphatic carbocycles. The molecule has 0 atom stereocenters. The Balaban J connectivity index is 1.85. The average Bonchev–Trinajstić information content (AvgIpc) is 2.50. The fourth-order valence-electron chi connectivity index (χ4n) is 2.31. The molecule has 2 aliphatic heterocycles. The minimum absolute atomic E-state index is 0.277. The van der Waals surface area contributed by atoms with Gasteiger partial charge in [0.25, 0.3) is 0 Å². The van der Waals surface area contributed by atoms with E-state index in [4.69, 9.17) is 18.8 Å². The zero-order chi connectivity index (χ0) is 15.2. The van der Waals surface area contributed by atoms with Gasteiger partial charge in [-0.2, -0.15) is 0 Å². The summed E-state index contributed by atoms with van der Waals surface area (Å²) in [7, 11) is -0.293. The molecule has 2 saturated heterocycles. The van der Waals surface area contributed by atoms with Crippen LogP contribution in [0.25, 0.3) is 0 Å². The highest BCUT2D eigenvalue weighted by molar-refractivity contribution is 6.45. The molecule has 116 valence electrons. The van der Waals surface area contributed by atoms with E-state index in [2.05, 4.69) is 0 Å². The number of hydrogen-bond acceptors (Lipinski definition) is 5. The zero-order valence-corrected chi connectivity index (χ0v) is 13.5. The van der Waals surface area contributed by atoms with Crippen molar-refractivity contribution in [2.24, 2.45) is 0 Å². The van der Waals surface area contributed by atoms with Gasteiger partial charge in [0.2, 0.25) is 0 Å². The molecule has 0 aromatic heterocycles. The molecule has 20 heavy (non-hydrogen) atoms. The molecule has 0 spiro atoms. The van der Waals surface area contributed by atoms with Crippen molar-refractivity contribution in [1.29, 1.82) is 0 Å². The van der Waals surface area contributed by atoms with Crippen LogP contribution in [0.5, 0.6) is 0 Å². The largest absolute Gasteiger partial charge is 0.457 e. The third-order valence-electron chi connectivity index (χ3n) is 4.52. The Morgan fingerprint density at radius 1 is 0.900 bits per heavy atom. The van der Waals surface area contributed by atoms with E-state index in [-0.39, 0.29) is 31.5 Å². The van der Waals surface area contributed by atoms with Gasteiger partial charge in [0.05, 0.1) is 24.4 Å². The van der Waals surface area contributed by atoms with Crippen LogP contribution < -0.4 is 0 Å². The molecule has 0 aromatic carbocycles. The molecule has 0 unspecified atom stereocenters. The Morgan fingerprint density at radius 3 is 1.80 bits per heavy atom. The fraction of sp³-hybridized carbons (Fsp3) is 1.00. The van der Waals surface area contributed by atoms with Gasteiger partial charge in [-0.3, -0.25) is 0 Å². The van der Waals surface area contributed by atoms with Crippen LogP contribution in [0, 0.1) is 0 Å². The van der Waals surface area contributed by atoms with Crippen molar-refractivity contribution in [3.63, 3.8) is 0 Å². The van der Waals surface area contributed by atoms with Crippen molar-refractivity contribution in [1.82, 2.24) is 0 Å². The normalized spacial score (nSPS) is 30.4. The lowest BCUT2D eigenvalue weighted by Crippen LogP contribution is -2.51. The van der Waals surface area contributed by atoms with Crippen LogP contribution in [-0.2, 0) is 18.8 Å². The Labute approximate surface area is 122 Å². The smallest absolute Gasteiger partial charge is 0.403 e. The van der Waals surface area contributed by atoms with E-state index in [9.17, 15) is 5.11 Å². The molecular weight excluding hydrogens is 259 g/mol. The summed E-state index contributed by atoms with van der Waals surface area (Å²) in [6.45, 7) is 12.4. The van der Waals surface area contributed by atoms with Crippen LogP contribution in [0.15, 0.2) is 0 Å². The molecule has 2 aliphatic rings. The van der Waals surface area contributed by atoms with Crippen LogP contribution in [0.1, 0.15) is 48.0 Å². The van der Waals surface area contributed by atoms with E-state index >= 15 is 0 Å². The van der Waals surface area contributed by atoms with E-state index in [1.54, 1.807) is 0 Å². The first-order valence-corrected chi connectivity index (χ1v) is 7.31. The van der Waals surface area contributed by atoms with Crippen molar-refractivity contribution < 1.29 is 23.9 Å².